The number of hydrogen-bond donors (Lipinski definition) is 2. The highest BCUT2D eigenvalue weighted by Gasteiger charge is 2.03. The molecule has 0 saturated carbocycles. The van der Waals surface area contributed by atoms with Crippen LogP contribution in [0.15, 0.2) is 121 Å². The van der Waals surface area contributed by atoms with Crippen LogP contribution in [-0.4, -0.2) is 24.4 Å². The highest BCUT2D eigenvalue weighted by atomic mass is 16.5. The summed E-state index contributed by atoms with van der Waals surface area (Å²) in [6.45, 7) is 0. The maximum absolute atomic E-state index is 9.49. The molecule has 2 N–H and O–H groups in total. The Morgan fingerprint density at radius 1 is 0.395 bits per heavy atom. The zero-order chi connectivity index (χ0) is 26.5. The van der Waals surface area contributed by atoms with E-state index in [0.29, 0.717) is 0 Å². The second-order valence-electron chi connectivity index (χ2n) is 8.96. The molecule has 6 aromatic carbocycles. The molecule has 188 valence electrons. The fraction of sp³-hybridized carbons (Fsp3) is 0.0588. The predicted octanol–water partition coefficient (Wildman–Crippen LogP) is 8.44. The van der Waals surface area contributed by atoms with E-state index in [1.165, 1.54) is 16.3 Å². The third kappa shape index (κ3) is 5.55. The van der Waals surface area contributed by atoms with E-state index < -0.39 is 0 Å². The second-order valence-corrected chi connectivity index (χ2v) is 8.96. The molecule has 4 heteroatoms. The summed E-state index contributed by atoms with van der Waals surface area (Å²) in [7, 11) is 3.37. The van der Waals surface area contributed by atoms with Gasteiger partial charge in [-0.1, -0.05) is 60.7 Å². The first-order valence-corrected chi connectivity index (χ1v) is 12.3. The van der Waals surface area contributed by atoms with Gasteiger partial charge in [0, 0.05) is 0 Å². The van der Waals surface area contributed by atoms with Crippen LogP contribution in [0.25, 0.3) is 43.8 Å². The van der Waals surface area contributed by atoms with Crippen molar-refractivity contribution in [2.45, 2.75) is 0 Å². The molecule has 0 aliphatic carbocycles. The number of methoxy groups -OCH3 is 2. The van der Waals surface area contributed by atoms with E-state index in [1.807, 2.05) is 66.7 Å². The molecular formula is C34H28O4. The van der Waals surface area contributed by atoms with Crippen molar-refractivity contribution in [3.05, 3.63) is 121 Å². The molecule has 0 aliphatic rings. The van der Waals surface area contributed by atoms with Crippen LogP contribution in [0.1, 0.15) is 0 Å². The third-order valence-electron chi connectivity index (χ3n) is 6.45. The molecule has 6 rings (SSSR count). The van der Waals surface area contributed by atoms with Gasteiger partial charge in [-0.05, 0) is 104 Å². The molecule has 6 aromatic rings. The Balaban J connectivity index is 0.000000156. The van der Waals surface area contributed by atoms with Crippen molar-refractivity contribution in [2.24, 2.45) is 0 Å². The van der Waals surface area contributed by atoms with Crippen molar-refractivity contribution >= 4 is 21.5 Å². The topological polar surface area (TPSA) is 58.9 Å². The smallest absolute Gasteiger partial charge is 0.119 e. The van der Waals surface area contributed by atoms with Crippen LogP contribution in [0, 0.1) is 0 Å². The standard InChI is InChI=1S/C18H16O2.C16H12O2/c1-19-17-5-3-4-13(11-17)14-6-7-16-12-18(20-2)9-8-15(16)10-14;17-15-3-1-2-11(9-15)12-4-5-14-10-16(18)7-6-13(14)8-12/h3-12H,1-2H3;1-10,17-18H. The van der Waals surface area contributed by atoms with Crippen molar-refractivity contribution in [3.8, 4) is 45.3 Å². The van der Waals surface area contributed by atoms with Gasteiger partial charge in [0.05, 0.1) is 14.2 Å². The van der Waals surface area contributed by atoms with Gasteiger partial charge in [-0.15, -0.1) is 0 Å². The summed E-state index contributed by atoms with van der Waals surface area (Å²) in [5, 5.41) is 23.4. The molecule has 0 heterocycles. The van der Waals surface area contributed by atoms with Gasteiger partial charge in [-0.2, -0.15) is 0 Å². The number of phenolic OH excluding ortho intramolecular Hbond substituents is 2. The average molecular weight is 501 g/mol. The monoisotopic (exact) mass is 500 g/mol. The minimum Gasteiger partial charge on any atom is -0.508 e. The SMILES string of the molecule is COc1cccc(-c2ccc3cc(OC)ccc3c2)c1.Oc1cccc(-c2ccc3cc(O)ccc3c2)c1. The lowest BCUT2D eigenvalue weighted by atomic mass is 10.0. The Labute approximate surface area is 222 Å². The number of phenols is 2. The maximum atomic E-state index is 9.49. The van der Waals surface area contributed by atoms with Gasteiger partial charge in [0.2, 0.25) is 0 Å². The number of rotatable bonds is 4. The van der Waals surface area contributed by atoms with Crippen LogP contribution in [0.3, 0.4) is 0 Å². The van der Waals surface area contributed by atoms with Crippen LogP contribution >= 0.6 is 0 Å². The fourth-order valence-corrected chi connectivity index (χ4v) is 4.43. The molecule has 0 spiro atoms. The van der Waals surface area contributed by atoms with Gasteiger partial charge in [0.1, 0.15) is 23.0 Å². The van der Waals surface area contributed by atoms with Crippen LogP contribution in [0.4, 0.5) is 0 Å². The lowest BCUT2D eigenvalue weighted by molar-refractivity contribution is 0.415. The number of ether oxygens (including phenoxy) is 2. The normalized spacial score (nSPS) is 10.6. The number of aromatic hydroxyl groups is 2. The zero-order valence-electron chi connectivity index (χ0n) is 21.3. The second kappa shape index (κ2) is 11.0. The van der Waals surface area contributed by atoms with Crippen LogP contribution < -0.4 is 9.47 Å². The van der Waals surface area contributed by atoms with Crippen molar-refractivity contribution in [1.82, 2.24) is 0 Å². The summed E-state index contributed by atoms with van der Waals surface area (Å²) in [5.41, 5.74) is 4.36. The van der Waals surface area contributed by atoms with Gasteiger partial charge in [0.25, 0.3) is 0 Å². The molecule has 0 aliphatic heterocycles. The maximum Gasteiger partial charge on any atom is 0.119 e. The molecule has 0 aromatic heterocycles. The Morgan fingerprint density at radius 3 is 1.53 bits per heavy atom. The van der Waals surface area contributed by atoms with Gasteiger partial charge in [-0.3, -0.25) is 0 Å². The summed E-state index contributed by atoms with van der Waals surface area (Å²) in [4.78, 5) is 0. The Hall–Kier alpha value is -4.96. The Kier molecular flexibility index (Phi) is 7.14. The Bertz CT molecular complexity index is 1720. The first-order valence-electron chi connectivity index (χ1n) is 12.3. The predicted molar refractivity (Wildman–Crippen MR) is 155 cm³/mol. The van der Waals surface area contributed by atoms with E-state index in [2.05, 4.69) is 30.3 Å². The van der Waals surface area contributed by atoms with Gasteiger partial charge in [0.15, 0.2) is 0 Å². The molecule has 0 amide bonds. The van der Waals surface area contributed by atoms with Crippen molar-refractivity contribution in [2.75, 3.05) is 14.2 Å². The van der Waals surface area contributed by atoms with E-state index in [0.717, 1.165) is 39.0 Å². The van der Waals surface area contributed by atoms with E-state index in [9.17, 15) is 10.2 Å². The molecule has 0 fully saturated rings. The summed E-state index contributed by atoms with van der Waals surface area (Å²) < 4.78 is 10.5. The number of hydrogen-bond acceptors (Lipinski definition) is 4. The molecule has 0 radical (unpaired) electrons. The van der Waals surface area contributed by atoms with Gasteiger partial charge >= 0.3 is 0 Å². The molecular weight excluding hydrogens is 472 g/mol. The highest BCUT2D eigenvalue weighted by molar-refractivity contribution is 5.89. The van der Waals surface area contributed by atoms with Crippen molar-refractivity contribution < 1.29 is 19.7 Å². The van der Waals surface area contributed by atoms with E-state index in [-0.39, 0.29) is 11.5 Å². The highest BCUT2D eigenvalue weighted by Crippen LogP contribution is 2.30. The van der Waals surface area contributed by atoms with Gasteiger partial charge < -0.3 is 19.7 Å². The van der Waals surface area contributed by atoms with E-state index in [4.69, 9.17) is 9.47 Å². The molecule has 0 unspecified atom stereocenters. The van der Waals surface area contributed by atoms with Crippen LogP contribution in [0.5, 0.6) is 23.0 Å². The largest absolute Gasteiger partial charge is 0.508 e. The first kappa shape index (κ1) is 24.7. The summed E-state index contributed by atoms with van der Waals surface area (Å²) in [5.74, 6) is 2.29. The quantitative estimate of drug-likeness (QED) is 0.255. The number of fused-ring (bicyclic) bond motifs is 2. The number of benzene rings is 6. The van der Waals surface area contributed by atoms with Gasteiger partial charge in [-0.25, -0.2) is 0 Å². The summed E-state index contributed by atoms with van der Waals surface area (Å²) in [6, 6.07) is 39.1. The summed E-state index contributed by atoms with van der Waals surface area (Å²) >= 11 is 0. The fourth-order valence-electron chi connectivity index (χ4n) is 4.43. The lowest BCUT2D eigenvalue weighted by Gasteiger charge is -2.07. The molecule has 38 heavy (non-hydrogen) atoms. The van der Waals surface area contributed by atoms with Crippen molar-refractivity contribution in [1.29, 1.82) is 0 Å². The molecule has 0 atom stereocenters. The van der Waals surface area contributed by atoms with Crippen molar-refractivity contribution in [3.63, 3.8) is 0 Å². The lowest BCUT2D eigenvalue weighted by Crippen LogP contribution is -1.85. The Morgan fingerprint density at radius 2 is 0.868 bits per heavy atom. The third-order valence-corrected chi connectivity index (χ3v) is 6.45. The molecule has 4 nitrogen and oxygen atoms in total. The average Bonchev–Trinajstić information content (AvgIpc) is 2.96. The summed E-state index contributed by atoms with van der Waals surface area (Å²) in [6.07, 6.45) is 0. The van der Waals surface area contributed by atoms with Crippen LogP contribution in [-0.2, 0) is 0 Å². The first-order chi connectivity index (χ1) is 18.5. The molecule has 0 bridgehead atoms. The zero-order valence-corrected chi connectivity index (χ0v) is 21.3. The minimum atomic E-state index is 0.262. The van der Waals surface area contributed by atoms with E-state index in [1.54, 1.807) is 38.5 Å². The van der Waals surface area contributed by atoms with Crippen LogP contribution in [0.2, 0.25) is 0 Å². The van der Waals surface area contributed by atoms with E-state index >= 15 is 0 Å². The minimum absolute atomic E-state index is 0.262. The molecule has 0 saturated heterocycles.